The minimum atomic E-state index is 0.130. The molecular formula is C26H31NO2. The molecule has 0 aliphatic heterocycles. The second-order valence-corrected chi connectivity index (χ2v) is 7.31. The molecule has 3 nitrogen and oxygen atoms in total. The zero-order chi connectivity index (χ0) is 20.3. The Hall–Kier alpha value is -2.94. The third-order valence-electron chi connectivity index (χ3n) is 4.86. The molecule has 0 amide bonds. The SMILES string of the molecule is CCC(CNc1ccc(OCCCc2ccccc2)cc1)Oc1cccc(C)c1. The topological polar surface area (TPSA) is 30.5 Å². The van der Waals surface area contributed by atoms with Gasteiger partial charge in [0, 0.05) is 5.69 Å². The number of nitrogens with one attached hydrogen (secondary N) is 1. The minimum Gasteiger partial charge on any atom is -0.494 e. The van der Waals surface area contributed by atoms with E-state index in [0.717, 1.165) is 49.6 Å². The van der Waals surface area contributed by atoms with Crippen LogP contribution < -0.4 is 14.8 Å². The van der Waals surface area contributed by atoms with E-state index in [0.29, 0.717) is 0 Å². The number of ether oxygens (including phenoxy) is 2. The van der Waals surface area contributed by atoms with Crippen LogP contribution in [0, 0.1) is 6.92 Å². The van der Waals surface area contributed by atoms with Crippen LogP contribution in [0.3, 0.4) is 0 Å². The molecule has 0 spiro atoms. The van der Waals surface area contributed by atoms with Crippen LogP contribution in [0.25, 0.3) is 0 Å². The Kier molecular flexibility index (Phi) is 8.00. The summed E-state index contributed by atoms with van der Waals surface area (Å²) in [5.74, 6) is 1.84. The predicted octanol–water partition coefficient (Wildman–Crippen LogP) is 6.28. The first kappa shape index (κ1) is 20.8. The highest BCUT2D eigenvalue weighted by molar-refractivity contribution is 5.46. The number of hydrogen-bond acceptors (Lipinski definition) is 3. The van der Waals surface area contributed by atoms with E-state index in [2.05, 4.69) is 67.7 Å². The van der Waals surface area contributed by atoms with Crippen LogP contribution in [-0.4, -0.2) is 19.3 Å². The van der Waals surface area contributed by atoms with Crippen molar-refractivity contribution in [3.8, 4) is 11.5 Å². The molecule has 1 unspecified atom stereocenters. The highest BCUT2D eigenvalue weighted by Crippen LogP contribution is 2.18. The predicted molar refractivity (Wildman–Crippen MR) is 121 cm³/mol. The van der Waals surface area contributed by atoms with Gasteiger partial charge in [-0.15, -0.1) is 0 Å². The maximum absolute atomic E-state index is 6.10. The Morgan fingerprint density at radius 1 is 0.862 bits per heavy atom. The van der Waals surface area contributed by atoms with E-state index in [1.807, 2.05) is 30.3 Å². The molecule has 29 heavy (non-hydrogen) atoms. The number of anilines is 1. The van der Waals surface area contributed by atoms with Crippen molar-refractivity contribution in [2.45, 2.75) is 39.2 Å². The average Bonchev–Trinajstić information content (AvgIpc) is 2.76. The van der Waals surface area contributed by atoms with Crippen LogP contribution in [0.15, 0.2) is 78.9 Å². The lowest BCUT2D eigenvalue weighted by Crippen LogP contribution is -2.25. The van der Waals surface area contributed by atoms with Gasteiger partial charge in [0.2, 0.25) is 0 Å². The van der Waals surface area contributed by atoms with Gasteiger partial charge < -0.3 is 14.8 Å². The fourth-order valence-corrected chi connectivity index (χ4v) is 3.16. The molecule has 0 saturated carbocycles. The molecule has 0 radical (unpaired) electrons. The van der Waals surface area contributed by atoms with Crippen molar-refractivity contribution in [3.05, 3.63) is 90.0 Å². The first-order chi connectivity index (χ1) is 14.2. The highest BCUT2D eigenvalue weighted by atomic mass is 16.5. The number of aryl methyl sites for hydroxylation is 2. The lowest BCUT2D eigenvalue weighted by Gasteiger charge is -2.19. The standard InChI is InChI=1S/C26H31NO2/c1-3-24(29-26-13-7-9-21(2)19-26)20-27-23-14-16-25(17-15-23)28-18-8-12-22-10-5-4-6-11-22/h4-7,9-11,13-17,19,24,27H,3,8,12,18,20H2,1-2H3. The van der Waals surface area contributed by atoms with Crippen molar-refractivity contribution >= 4 is 5.69 Å². The van der Waals surface area contributed by atoms with Crippen LogP contribution in [-0.2, 0) is 6.42 Å². The Bertz CT molecular complexity index is 846. The summed E-state index contributed by atoms with van der Waals surface area (Å²) in [5, 5.41) is 3.47. The van der Waals surface area contributed by atoms with E-state index in [9.17, 15) is 0 Å². The first-order valence-electron chi connectivity index (χ1n) is 10.5. The van der Waals surface area contributed by atoms with Crippen LogP contribution in [0.4, 0.5) is 5.69 Å². The average molecular weight is 390 g/mol. The number of hydrogen-bond donors (Lipinski definition) is 1. The van der Waals surface area contributed by atoms with Gasteiger partial charge in [-0.1, -0.05) is 49.4 Å². The Morgan fingerprint density at radius 2 is 1.66 bits per heavy atom. The molecule has 0 saturated heterocycles. The molecule has 0 aliphatic rings. The zero-order valence-corrected chi connectivity index (χ0v) is 17.4. The van der Waals surface area contributed by atoms with Crippen molar-refractivity contribution in [2.24, 2.45) is 0 Å². The normalized spacial score (nSPS) is 11.7. The number of rotatable bonds is 11. The Morgan fingerprint density at radius 3 is 2.38 bits per heavy atom. The third kappa shape index (κ3) is 7.19. The summed E-state index contributed by atoms with van der Waals surface area (Å²) >= 11 is 0. The van der Waals surface area contributed by atoms with Gasteiger partial charge in [-0.05, 0) is 73.7 Å². The molecule has 0 aliphatic carbocycles. The maximum Gasteiger partial charge on any atom is 0.120 e. The summed E-state index contributed by atoms with van der Waals surface area (Å²) < 4.78 is 12.0. The summed E-state index contributed by atoms with van der Waals surface area (Å²) in [7, 11) is 0. The van der Waals surface area contributed by atoms with Gasteiger partial charge in [-0.3, -0.25) is 0 Å². The maximum atomic E-state index is 6.10. The smallest absolute Gasteiger partial charge is 0.120 e. The van der Waals surface area contributed by atoms with Gasteiger partial charge in [0.1, 0.15) is 17.6 Å². The summed E-state index contributed by atoms with van der Waals surface area (Å²) in [6.45, 7) is 5.72. The molecule has 0 aromatic heterocycles. The molecule has 3 aromatic carbocycles. The molecule has 1 N–H and O–H groups in total. The van der Waals surface area contributed by atoms with E-state index in [1.165, 1.54) is 11.1 Å². The van der Waals surface area contributed by atoms with Crippen LogP contribution in [0.2, 0.25) is 0 Å². The van der Waals surface area contributed by atoms with Crippen molar-refractivity contribution < 1.29 is 9.47 Å². The van der Waals surface area contributed by atoms with Gasteiger partial charge >= 0.3 is 0 Å². The van der Waals surface area contributed by atoms with E-state index in [1.54, 1.807) is 0 Å². The Balaban J connectivity index is 1.40. The number of benzene rings is 3. The molecule has 0 bridgehead atoms. The van der Waals surface area contributed by atoms with Crippen molar-refractivity contribution in [1.82, 2.24) is 0 Å². The first-order valence-corrected chi connectivity index (χ1v) is 10.5. The molecule has 1 atom stereocenters. The fraction of sp³-hybridized carbons (Fsp3) is 0.308. The van der Waals surface area contributed by atoms with Crippen molar-refractivity contribution in [3.63, 3.8) is 0 Å². The lowest BCUT2D eigenvalue weighted by atomic mass is 10.1. The molecule has 152 valence electrons. The van der Waals surface area contributed by atoms with Gasteiger partial charge in [0.25, 0.3) is 0 Å². The van der Waals surface area contributed by atoms with Gasteiger partial charge in [0.15, 0.2) is 0 Å². The molecular weight excluding hydrogens is 358 g/mol. The van der Waals surface area contributed by atoms with Gasteiger partial charge in [-0.25, -0.2) is 0 Å². The minimum absolute atomic E-state index is 0.130. The van der Waals surface area contributed by atoms with E-state index < -0.39 is 0 Å². The summed E-state index contributed by atoms with van der Waals surface area (Å²) in [5.41, 5.74) is 3.65. The molecule has 3 rings (SSSR count). The van der Waals surface area contributed by atoms with Gasteiger partial charge in [0.05, 0.1) is 13.2 Å². The molecule has 0 fully saturated rings. The van der Waals surface area contributed by atoms with E-state index in [-0.39, 0.29) is 6.10 Å². The van der Waals surface area contributed by atoms with E-state index >= 15 is 0 Å². The molecule has 3 aromatic rings. The second kappa shape index (κ2) is 11.2. The zero-order valence-electron chi connectivity index (χ0n) is 17.4. The largest absolute Gasteiger partial charge is 0.494 e. The van der Waals surface area contributed by atoms with Crippen molar-refractivity contribution in [2.75, 3.05) is 18.5 Å². The quantitative estimate of drug-likeness (QED) is 0.392. The van der Waals surface area contributed by atoms with Crippen LogP contribution >= 0.6 is 0 Å². The van der Waals surface area contributed by atoms with Crippen LogP contribution in [0.1, 0.15) is 30.9 Å². The van der Waals surface area contributed by atoms with Crippen molar-refractivity contribution in [1.29, 1.82) is 0 Å². The lowest BCUT2D eigenvalue weighted by molar-refractivity contribution is 0.210. The Labute approximate surface area is 174 Å². The summed E-state index contributed by atoms with van der Waals surface area (Å²) in [6.07, 6.45) is 3.13. The highest BCUT2D eigenvalue weighted by Gasteiger charge is 2.08. The van der Waals surface area contributed by atoms with E-state index in [4.69, 9.17) is 9.47 Å². The monoisotopic (exact) mass is 389 g/mol. The third-order valence-corrected chi connectivity index (χ3v) is 4.86. The van der Waals surface area contributed by atoms with Crippen LogP contribution in [0.5, 0.6) is 11.5 Å². The molecule has 3 heteroatoms. The fourth-order valence-electron chi connectivity index (χ4n) is 3.16. The van der Waals surface area contributed by atoms with Gasteiger partial charge in [-0.2, -0.15) is 0 Å². The summed E-state index contributed by atoms with van der Waals surface area (Å²) in [4.78, 5) is 0. The summed E-state index contributed by atoms with van der Waals surface area (Å²) in [6, 6.07) is 26.9. The molecule has 0 heterocycles. The second-order valence-electron chi connectivity index (χ2n) is 7.31.